The van der Waals surface area contributed by atoms with E-state index in [-0.39, 0.29) is 0 Å². The van der Waals surface area contributed by atoms with Crippen LogP contribution < -0.4 is 4.90 Å². The highest BCUT2D eigenvalue weighted by Gasteiger charge is 2.20. The Kier molecular flexibility index (Phi) is 4.29. The van der Waals surface area contributed by atoms with Crippen molar-refractivity contribution in [3.8, 4) is 0 Å². The van der Waals surface area contributed by atoms with Crippen molar-refractivity contribution < 1.29 is 9.50 Å². The number of anilines is 1. The van der Waals surface area contributed by atoms with Gasteiger partial charge in [-0.1, -0.05) is 30.3 Å². The van der Waals surface area contributed by atoms with Crippen LogP contribution >= 0.6 is 0 Å². The number of hydrogen-bond acceptors (Lipinski definition) is 4. The van der Waals surface area contributed by atoms with Crippen LogP contribution in [0.4, 0.5) is 10.3 Å². The zero-order chi connectivity index (χ0) is 14.6. The maximum Gasteiger partial charge on any atom is 0.225 e. The van der Waals surface area contributed by atoms with E-state index in [0.29, 0.717) is 19.0 Å². The number of nitrogens with zero attached hydrogens (tertiary/aromatic N) is 3. The van der Waals surface area contributed by atoms with Crippen LogP contribution in [0.1, 0.15) is 19.4 Å². The molecule has 0 fully saturated rings. The third-order valence-corrected chi connectivity index (χ3v) is 2.68. The van der Waals surface area contributed by atoms with Gasteiger partial charge in [-0.05, 0) is 19.4 Å². The molecule has 0 bridgehead atoms. The van der Waals surface area contributed by atoms with E-state index in [1.54, 1.807) is 13.8 Å². The lowest BCUT2D eigenvalue weighted by atomic mass is 10.1. The molecule has 0 aliphatic heterocycles. The Morgan fingerprint density at radius 3 is 2.30 bits per heavy atom. The van der Waals surface area contributed by atoms with Crippen LogP contribution in [0.5, 0.6) is 0 Å². The van der Waals surface area contributed by atoms with Crippen LogP contribution in [0.25, 0.3) is 0 Å². The molecule has 5 heteroatoms. The lowest BCUT2D eigenvalue weighted by Crippen LogP contribution is -2.39. The third-order valence-electron chi connectivity index (χ3n) is 2.68. The summed E-state index contributed by atoms with van der Waals surface area (Å²) in [4.78, 5) is 9.80. The molecule has 0 atom stereocenters. The van der Waals surface area contributed by atoms with Crippen LogP contribution in [-0.4, -0.2) is 27.2 Å². The molecule has 2 rings (SSSR count). The van der Waals surface area contributed by atoms with Crippen molar-refractivity contribution in [3.63, 3.8) is 0 Å². The highest BCUT2D eigenvalue weighted by Crippen LogP contribution is 2.16. The van der Waals surface area contributed by atoms with E-state index in [4.69, 9.17) is 0 Å². The van der Waals surface area contributed by atoms with E-state index >= 15 is 0 Å². The van der Waals surface area contributed by atoms with Gasteiger partial charge in [-0.2, -0.15) is 0 Å². The number of aromatic nitrogens is 2. The fourth-order valence-corrected chi connectivity index (χ4v) is 1.94. The van der Waals surface area contributed by atoms with E-state index in [1.807, 2.05) is 35.2 Å². The van der Waals surface area contributed by atoms with Crippen molar-refractivity contribution >= 4 is 5.95 Å². The first kappa shape index (κ1) is 14.4. The van der Waals surface area contributed by atoms with Crippen LogP contribution in [0, 0.1) is 5.82 Å². The van der Waals surface area contributed by atoms with E-state index in [1.165, 1.54) is 0 Å². The first-order chi connectivity index (χ1) is 9.44. The molecule has 0 spiro atoms. The molecular formula is C15H18FN3O. The molecule has 20 heavy (non-hydrogen) atoms. The second kappa shape index (κ2) is 5.96. The van der Waals surface area contributed by atoms with Gasteiger partial charge in [0, 0.05) is 13.1 Å². The molecule has 0 aliphatic rings. The van der Waals surface area contributed by atoms with E-state index in [0.717, 1.165) is 18.0 Å². The molecule has 4 nitrogen and oxygen atoms in total. The van der Waals surface area contributed by atoms with Crippen LogP contribution in [0.15, 0.2) is 42.7 Å². The maximum atomic E-state index is 12.9. The number of halogens is 1. The molecule has 0 aliphatic carbocycles. The Morgan fingerprint density at radius 1 is 1.15 bits per heavy atom. The van der Waals surface area contributed by atoms with Gasteiger partial charge in [-0.3, -0.25) is 0 Å². The van der Waals surface area contributed by atoms with Gasteiger partial charge >= 0.3 is 0 Å². The first-order valence-electron chi connectivity index (χ1n) is 6.43. The Hall–Kier alpha value is -2.01. The standard InChI is InChI=1S/C15H18FN3O/c1-15(2,20)11-19(10-12-6-4-3-5-7-12)14-17-8-13(16)9-18-14/h3-9,20H,10-11H2,1-2H3. The largest absolute Gasteiger partial charge is 0.389 e. The Morgan fingerprint density at radius 2 is 1.75 bits per heavy atom. The van der Waals surface area contributed by atoms with E-state index < -0.39 is 11.4 Å². The summed E-state index contributed by atoms with van der Waals surface area (Å²) in [6.45, 7) is 4.34. The van der Waals surface area contributed by atoms with E-state index in [9.17, 15) is 9.50 Å². The van der Waals surface area contributed by atoms with Gasteiger partial charge in [0.15, 0.2) is 5.82 Å². The van der Waals surface area contributed by atoms with Gasteiger partial charge in [0.1, 0.15) is 0 Å². The molecule has 0 saturated heterocycles. The summed E-state index contributed by atoms with van der Waals surface area (Å²) in [5, 5.41) is 10.0. The average molecular weight is 275 g/mol. The summed E-state index contributed by atoms with van der Waals surface area (Å²) in [7, 11) is 0. The smallest absolute Gasteiger partial charge is 0.225 e. The minimum Gasteiger partial charge on any atom is -0.389 e. The van der Waals surface area contributed by atoms with Crippen molar-refractivity contribution in [2.24, 2.45) is 0 Å². The molecule has 106 valence electrons. The predicted molar refractivity (Wildman–Crippen MR) is 75.8 cm³/mol. The van der Waals surface area contributed by atoms with Crippen LogP contribution in [0.3, 0.4) is 0 Å². The minimum atomic E-state index is -0.896. The highest BCUT2D eigenvalue weighted by molar-refractivity contribution is 5.32. The predicted octanol–water partition coefficient (Wildman–Crippen LogP) is 2.39. The lowest BCUT2D eigenvalue weighted by molar-refractivity contribution is 0.0866. The zero-order valence-corrected chi connectivity index (χ0v) is 11.6. The zero-order valence-electron chi connectivity index (χ0n) is 11.6. The van der Waals surface area contributed by atoms with Gasteiger partial charge in [0.2, 0.25) is 5.95 Å². The van der Waals surface area contributed by atoms with Crippen molar-refractivity contribution in [2.75, 3.05) is 11.4 Å². The molecule has 1 N–H and O–H groups in total. The normalized spacial score (nSPS) is 11.4. The number of benzene rings is 1. The van der Waals surface area contributed by atoms with Gasteiger partial charge in [0.25, 0.3) is 0 Å². The molecule has 1 aromatic heterocycles. The van der Waals surface area contributed by atoms with Crippen LogP contribution in [0.2, 0.25) is 0 Å². The van der Waals surface area contributed by atoms with Crippen molar-refractivity contribution in [1.29, 1.82) is 0 Å². The number of aliphatic hydroxyl groups is 1. The van der Waals surface area contributed by atoms with Crippen molar-refractivity contribution in [3.05, 3.63) is 54.1 Å². The molecular weight excluding hydrogens is 257 g/mol. The minimum absolute atomic E-state index is 0.355. The molecule has 0 unspecified atom stereocenters. The fraction of sp³-hybridized carbons (Fsp3) is 0.333. The monoisotopic (exact) mass is 275 g/mol. The average Bonchev–Trinajstić information content (AvgIpc) is 2.38. The van der Waals surface area contributed by atoms with Crippen molar-refractivity contribution in [1.82, 2.24) is 9.97 Å². The van der Waals surface area contributed by atoms with Crippen LogP contribution in [-0.2, 0) is 6.54 Å². The Balaban J connectivity index is 2.22. The molecule has 0 amide bonds. The SMILES string of the molecule is CC(C)(O)CN(Cc1ccccc1)c1ncc(F)cn1. The van der Waals surface area contributed by atoms with E-state index in [2.05, 4.69) is 9.97 Å². The second-order valence-corrected chi connectivity index (χ2v) is 5.36. The Bertz CT molecular complexity index is 537. The fourth-order valence-electron chi connectivity index (χ4n) is 1.94. The summed E-state index contributed by atoms with van der Waals surface area (Å²) >= 11 is 0. The first-order valence-corrected chi connectivity index (χ1v) is 6.43. The summed E-state index contributed by atoms with van der Waals surface area (Å²) in [5.41, 5.74) is 0.177. The third kappa shape index (κ3) is 4.28. The summed E-state index contributed by atoms with van der Waals surface area (Å²) in [6, 6.07) is 9.81. The molecule has 1 heterocycles. The highest BCUT2D eigenvalue weighted by atomic mass is 19.1. The second-order valence-electron chi connectivity index (χ2n) is 5.36. The summed E-state index contributed by atoms with van der Waals surface area (Å²) in [6.07, 6.45) is 2.26. The van der Waals surface area contributed by atoms with Gasteiger partial charge in [-0.15, -0.1) is 0 Å². The maximum absolute atomic E-state index is 12.9. The topological polar surface area (TPSA) is 49.2 Å². The van der Waals surface area contributed by atoms with Crippen molar-refractivity contribution in [2.45, 2.75) is 26.0 Å². The quantitative estimate of drug-likeness (QED) is 0.910. The molecule has 0 saturated carbocycles. The summed E-state index contributed by atoms with van der Waals surface area (Å²) in [5.74, 6) is -0.0750. The molecule has 2 aromatic rings. The summed E-state index contributed by atoms with van der Waals surface area (Å²) < 4.78 is 12.9. The number of rotatable bonds is 5. The van der Waals surface area contributed by atoms with Gasteiger partial charge in [-0.25, -0.2) is 14.4 Å². The number of hydrogen-bond donors (Lipinski definition) is 1. The van der Waals surface area contributed by atoms with Gasteiger partial charge < -0.3 is 10.0 Å². The van der Waals surface area contributed by atoms with Gasteiger partial charge in [0.05, 0.1) is 18.0 Å². The molecule has 1 aromatic carbocycles. The Labute approximate surface area is 117 Å². The lowest BCUT2D eigenvalue weighted by Gasteiger charge is -2.29. The molecule has 0 radical (unpaired) electrons.